The second-order valence-corrected chi connectivity index (χ2v) is 7.04. The molecule has 6 nitrogen and oxygen atoms in total. The van der Waals surface area contributed by atoms with Crippen LogP contribution in [0.2, 0.25) is 5.02 Å². The average Bonchev–Trinajstić information content (AvgIpc) is 3.12. The number of hydrogen-bond donors (Lipinski definition) is 1. The molecule has 0 aliphatic rings. The van der Waals surface area contributed by atoms with E-state index in [2.05, 4.69) is 10.4 Å². The van der Waals surface area contributed by atoms with E-state index >= 15 is 0 Å². The normalized spacial score (nSPS) is 11.0. The van der Waals surface area contributed by atoms with Crippen molar-refractivity contribution in [2.45, 2.75) is 13.5 Å². The number of carbonyl (C=O) groups excluding carboxylic acids is 1. The van der Waals surface area contributed by atoms with Crippen LogP contribution in [-0.4, -0.2) is 20.1 Å². The van der Waals surface area contributed by atoms with Crippen LogP contribution in [0.15, 0.2) is 65.7 Å². The highest BCUT2D eigenvalue weighted by molar-refractivity contribution is 6.30. The predicted molar refractivity (Wildman–Crippen MR) is 110 cm³/mol. The highest BCUT2D eigenvalue weighted by Gasteiger charge is 2.12. The number of carbonyl (C=O) groups is 1. The van der Waals surface area contributed by atoms with Crippen molar-refractivity contribution >= 4 is 28.7 Å². The molecule has 2 aromatic heterocycles. The summed E-state index contributed by atoms with van der Waals surface area (Å²) < 4.78 is 16.0. The number of aromatic nitrogens is 3. The lowest BCUT2D eigenvalue weighted by Crippen LogP contribution is -2.28. The summed E-state index contributed by atoms with van der Waals surface area (Å²) in [5.41, 5.74) is 2.57. The van der Waals surface area contributed by atoms with Crippen molar-refractivity contribution < 1.29 is 9.18 Å². The number of hydrogen-bond acceptors (Lipinski definition) is 3. The molecule has 146 valence electrons. The molecule has 0 saturated heterocycles. The summed E-state index contributed by atoms with van der Waals surface area (Å²) in [5.74, 6) is -0.761. The van der Waals surface area contributed by atoms with E-state index in [1.807, 2.05) is 12.1 Å². The average molecular weight is 411 g/mol. The van der Waals surface area contributed by atoms with Gasteiger partial charge in [-0.3, -0.25) is 9.59 Å². The first-order valence-electron chi connectivity index (χ1n) is 8.81. The topological polar surface area (TPSA) is 68.4 Å². The zero-order chi connectivity index (χ0) is 20.5. The molecule has 1 N–H and O–H groups in total. The molecule has 1 amide bonds. The summed E-state index contributed by atoms with van der Waals surface area (Å²) in [6.45, 7) is 1.52. The first-order chi connectivity index (χ1) is 13.9. The number of fused-ring (bicyclic) bond motifs is 1. The Bertz CT molecular complexity index is 1280. The third kappa shape index (κ3) is 3.90. The molecule has 4 rings (SSSR count). The minimum absolute atomic E-state index is 0.173. The van der Waals surface area contributed by atoms with Gasteiger partial charge >= 0.3 is 0 Å². The monoisotopic (exact) mass is 410 g/mol. The molecule has 0 aliphatic carbocycles. The van der Waals surface area contributed by atoms with Crippen molar-refractivity contribution in [3.05, 3.63) is 87.7 Å². The van der Waals surface area contributed by atoms with E-state index in [0.29, 0.717) is 27.5 Å². The summed E-state index contributed by atoms with van der Waals surface area (Å²) >= 11 is 5.91. The number of anilines is 1. The SMILES string of the molecule is Cc1cc(F)ccc1NC(=O)Cn1ccn2nc(-c3ccc(Cl)cc3)cc2c1=O. The smallest absolute Gasteiger partial charge is 0.277 e. The van der Waals surface area contributed by atoms with Gasteiger partial charge in [-0.2, -0.15) is 5.10 Å². The molecule has 2 aromatic carbocycles. The molecule has 0 radical (unpaired) electrons. The number of rotatable bonds is 4. The molecule has 0 spiro atoms. The molecule has 0 unspecified atom stereocenters. The van der Waals surface area contributed by atoms with Gasteiger partial charge in [-0.25, -0.2) is 8.91 Å². The second-order valence-electron chi connectivity index (χ2n) is 6.60. The Kier molecular flexibility index (Phi) is 4.90. The lowest BCUT2D eigenvalue weighted by molar-refractivity contribution is -0.116. The fourth-order valence-corrected chi connectivity index (χ4v) is 3.15. The van der Waals surface area contributed by atoms with Crippen LogP contribution >= 0.6 is 11.6 Å². The summed E-state index contributed by atoms with van der Waals surface area (Å²) in [6.07, 6.45) is 3.12. The van der Waals surface area contributed by atoms with Crippen LogP contribution in [0.4, 0.5) is 10.1 Å². The van der Waals surface area contributed by atoms with E-state index in [1.54, 1.807) is 31.3 Å². The van der Waals surface area contributed by atoms with Gasteiger partial charge in [0.25, 0.3) is 5.56 Å². The van der Waals surface area contributed by atoms with Crippen LogP contribution < -0.4 is 10.9 Å². The van der Waals surface area contributed by atoms with Gasteiger partial charge in [0, 0.05) is 28.7 Å². The number of aryl methyl sites for hydroxylation is 1. The third-order valence-electron chi connectivity index (χ3n) is 4.52. The number of nitrogens with one attached hydrogen (secondary N) is 1. The number of benzene rings is 2. The molecular weight excluding hydrogens is 395 g/mol. The standard InChI is InChI=1S/C21H16ClFN4O2/c1-13-10-16(23)6-7-17(13)24-20(28)12-26-8-9-27-19(21(26)29)11-18(25-27)14-2-4-15(22)5-3-14/h2-11H,12H2,1H3,(H,24,28). The number of amides is 1. The molecule has 2 heterocycles. The van der Waals surface area contributed by atoms with Gasteiger partial charge in [0.1, 0.15) is 17.9 Å². The fourth-order valence-electron chi connectivity index (χ4n) is 3.02. The molecule has 8 heteroatoms. The summed E-state index contributed by atoms with van der Waals surface area (Å²) in [4.78, 5) is 25.1. The van der Waals surface area contributed by atoms with Crippen molar-refractivity contribution in [3.8, 4) is 11.3 Å². The Labute approximate surface area is 170 Å². The maximum absolute atomic E-state index is 13.2. The second kappa shape index (κ2) is 7.52. The van der Waals surface area contributed by atoms with Gasteiger partial charge in [-0.05, 0) is 48.9 Å². The van der Waals surface area contributed by atoms with Crippen LogP contribution in [0.25, 0.3) is 16.8 Å². The van der Waals surface area contributed by atoms with Crippen LogP contribution in [0.1, 0.15) is 5.56 Å². The molecule has 0 saturated carbocycles. The Morgan fingerprint density at radius 3 is 2.62 bits per heavy atom. The molecule has 29 heavy (non-hydrogen) atoms. The van der Waals surface area contributed by atoms with Crippen molar-refractivity contribution in [2.24, 2.45) is 0 Å². The zero-order valence-corrected chi connectivity index (χ0v) is 16.2. The molecule has 0 atom stereocenters. The van der Waals surface area contributed by atoms with Crippen molar-refractivity contribution in [2.75, 3.05) is 5.32 Å². The van der Waals surface area contributed by atoms with Crippen LogP contribution in [0.3, 0.4) is 0 Å². The highest BCUT2D eigenvalue weighted by atomic mass is 35.5. The van der Waals surface area contributed by atoms with Gasteiger partial charge < -0.3 is 9.88 Å². The van der Waals surface area contributed by atoms with Crippen molar-refractivity contribution in [1.82, 2.24) is 14.2 Å². The molecule has 0 fully saturated rings. The van der Waals surface area contributed by atoms with Gasteiger partial charge in [0.2, 0.25) is 5.91 Å². The maximum atomic E-state index is 13.2. The van der Waals surface area contributed by atoms with E-state index in [9.17, 15) is 14.0 Å². The van der Waals surface area contributed by atoms with E-state index < -0.39 is 0 Å². The first kappa shape index (κ1) is 18.9. The van der Waals surface area contributed by atoms with E-state index in [4.69, 9.17) is 11.6 Å². The quantitative estimate of drug-likeness (QED) is 0.554. The number of halogens is 2. The molecule has 0 bridgehead atoms. The number of nitrogens with zero attached hydrogens (tertiary/aromatic N) is 3. The zero-order valence-electron chi connectivity index (χ0n) is 15.4. The Balaban J connectivity index is 1.59. The minimum Gasteiger partial charge on any atom is -0.324 e. The van der Waals surface area contributed by atoms with Crippen LogP contribution in [-0.2, 0) is 11.3 Å². The van der Waals surface area contributed by atoms with Crippen molar-refractivity contribution in [3.63, 3.8) is 0 Å². The predicted octanol–water partition coefficient (Wildman–Crippen LogP) is 3.90. The fraction of sp³-hybridized carbons (Fsp3) is 0.0952. The van der Waals surface area contributed by atoms with Crippen molar-refractivity contribution in [1.29, 1.82) is 0 Å². The summed E-state index contributed by atoms with van der Waals surface area (Å²) in [7, 11) is 0. The minimum atomic E-state index is -0.386. The van der Waals surface area contributed by atoms with Gasteiger partial charge in [0.05, 0.1) is 5.69 Å². The van der Waals surface area contributed by atoms with E-state index in [0.717, 1.165) is 5.56 Å². The summed E-state index contributed by atoms with van der Waals surface area (Å²) in [5, 5.41) is 7.72. The summed E-state index contributed by atoms with van der Waals surface area (Å²) in [6, 6.07) is 12.9. The lowest BCUT2D eigenvalue weighted by atomic mass is 10.1. The highest BCUT2D eigenvalue weighted by Crippen LogP contribution is 2.21. The molecular formula is C21H16ClFN4O2. The van der Waals surface area contributed by atoms with Crippen LogP contribution in [0.5, 0.6) is 0 Å². The van der Waals surface area contributed by atoms with Crippen LogP contribution in [0, 0.1) is 12.7 Å². The lowest BCUT2D eigenvalue weighted by Gasteiger charge is -2.10. The first-order valence-corrected chi connectivity index (χ1v) is 9.19. The van der Waals surface area contributed by atoms with Gasteiger partial charge in [0.15, 0.2) is 0 Å². The Morgan fingerprint density at radius 1 is 1.14 bits per heavy atom. The Hall–Kier alpha value is -3.45. The van der Waals surface area contributed by atoms with Gasteiger partial charge in [-0.15, -0.1) is 0 Å². The third-order valence-corrected chi connectivity index (χ3v) is 4.77. The van der Waals surface area contributed by atoms with Gasteiger partial charge in [-0.1, -0.05) is 23.7 Å². The molecule has 0 aliphatic heterocycles. The maximum Gasteiger partial charge on any atom is 0.277 e. The Morgan fingerprint density at radius 2 is 1.90 bits per heavy atom. The van der Waals surface area contributed by atoms with E-state index in [-0.39, 0.29) is 23.8 Å². The largest absolute Gasteiger partial charge is 0.324 e. The van der Waals surface area contributed by atoms with E-state index in [1.165, 1.54) is 33.5 Å². The molecule has 4 aromatic rings.